The molecule has 0 aromatic heterocycles. The minimum Gasteiger partial charge on any atom is -0.0847 e. The van der Waals surface area contributed by atoms with Crippen molar-refractivity contribution in [3.8, 4) is 0 Å². The number of hydrogen-bond acceptors (Lipinski definition) is 0. The Kier molecular flexibility index (Phi) is 4.95. The molecule has 108 valence electrons. The van der Waals surface area contributed by atoms with Crippen LogP contribution in [0.1, 0.15) is 81.3 Å². The third-order valence-electron chi connectivity index (χ3n) is 5.10. The molecular weight excluding hydrogens is 240 g/mol. The normalized spacial score (nSPS) is 24.6. The van der Waals surface area contributed by atoms with Crippen molar-refractivity contribution in [3.63, 3.8) is 0 Å². The summed E-state index contributed by atoms with van der Waals surface area (Å²) >= 11 is 0. The Labute approximate surface area is 124 Å². The van der Waals surface area contributed by atoms with E-state index in [2.05, 4.69) is 30.3 Å². The first-order valence-electron chi connectivity index (χ1n) is 8.71. The maximum atomic E-state index is 2.60. The Balaban J connectivity index is 1.68. The molecule has 2 bridgehead atoms. The van der Waals surface area contributed by atoms with Crippen LogP contribution in [0, 0.1) is 0 Å². The van der Waals surface area contributed by atoms with Crippen molar-refractivity contribution in [2.75, 3.05) is 0 Å². The zero-order valence-electron chi connectivity index (χ0n) is 12.7. The average Bonchev–Trinajstić information content (AvgIpc) is 2.49. The van der Waals surface area contributed by atoms with Crippen molar-refractivity contribution in [1.29, 1.82) is 0 Å². The molecule has 0 spiro atoms. The van der Waals surface area contributed by atoms with Gasteiger partial charge >= 0.3 is 0 Å². The van der Waals surface area contributed by atoms with Gasteiger partial charge in [0.2, 0.25) is 0 Å². The molecule has 4 rings (SSSR count). The Morgan fingerprint density at radius 2 is 1.35 bits per heavy atom. The molecule has 1 unspecified atom stereocenters. The quantitative estimate of drug-likeness (QED) is 0.534. The minimum atomic E-state index is 0.711. The summed E-state index contributed by atoms with van der Waals surface area (Å²) in [5.74, 6) is 0.711. The van der Waals surface area contributed by atoms with Gasteiger partial charge < -0.3 is 0 Å². The molecule has 20 heavy (non-hydrogen) atoms. The molecule has 1 aromatic carbocycles. The van der Waals surface area contributed by atoms with Crippen LogP contribution < -0.4 is 0 Å². The second-order valence-corrected chi connectivity index (χ2v) is 6.64. The van der Waals surface area contributed by atoms with Crippen molar-refractivity contribution in [1.82, 2.24) is 0 Å². The number of hydrogen-bond donors (Lipinski definition) is 0. The Bertz CT molecular complexity index is 438. The number of rotatable bonds is 1. The number of benzene rings is 1. The third kappa shape index (κ3) is 3.53. The van der Waals surface area contributed by atoms with Gasteiger partial charge in [-0.3, -0.25) is 0 Å². The lowest BCUT2D eigenvalue weighted by atomic mass is 9.78. The van der Waals surface area contributed by atoms with E-state index in [0.717, 1.165) is 0 Å². The molecule has 1 aromatic rings. The lowest BCUT2D eigenvalue weighted by Crippen LogP contribution is -2.11. The molecule has 0 nitrogen and oxygen atoms in total. The van der Waals surface area contributed by atoms with E-state index in [4.69, 9.17) is 0 Å². The van der Waals surface area contributed by atoms with Gasteiger partial charge in [-0.25, -0.2) is 0 Å². The smallest absolute Gasteiger partial charge is 0.00885 e. The molecule has 0 amide bonds. The average molecular weight is 268 g/mol. The molecule has 1 atom stereocenters. The molecule has 3 aliphatic carbocycles. The SMILES string of the molecule is C1=C(C2Cc3ccc2cc3)CCCCCCCCCC1. The highest BCUT2D eigenvalue weighted by Gasteiger charge is 2.21. The van der Waals surface area contributed by atoms with Crippen molar-refractivity contribution in [3.05, 3.63) is 47.0 Å². The van der Waals surface area contributed by atoms with Crippen LogP contribution in [-0.4, -0.2) is 0 Å². The van der Waals surface area contributed by atoms with Gasteiger partial charge in [-0.15, -0.1) is 0 Å². The number of fused-ring (bicyclic) bond motifs is 3. The summed E-state index contributed by atoms with van der Waals surface area (Å²) in [6.45, 7) is 0. The first-order chi connectivity index (χ1) is 9.93. The van der Waals surface area contributed by atoms with E-state index in [-0.39, 0.29) is 0 Å². The molecule has 0 heterocycles. The maximum absolute atomic E-state index is 2.60. The fraction of sp³-hybridized carbons (Fsp3) is 0.600. The predicted octanol–water partition coefficient (Wildman–Crippen LogP) is 6.17. The van der Waals surface area contributed by atoms with Crippen LogP contribution in [0.4, 0.5) is 0 Å². The Hall–Kier alpha value is -1.04. The largest absolute Gasteiger partial charge is 0.0847 e. The minimum absolute atomic E-state index is 0.711. The van der Waals surface area contributed by atoms with E-state index in [9.17, 15) is 0 Å². The summed E-state index contributed by atoms with van der Waals surface area (Å²) in [7, 11) is 0. The van der Waals surface area contributed by atoms with Crippen LogP contribution in [0.15, 0.2) is 35.9 Å². The van der Waals surface area contributed by atoms with Gasteiger partial charge in [-0.05, 0) is 43.2 Å². The van der Waals surface area contributed by atoms with Crippen LogP contribution in [0.3, 0.4) is 0 Å². The van der Waals surface area contributed by atoms with Crippen LogP contribution >= 0.6 is 0 Å². The highest BCUT2D eigenvalue weighted by Crippen LogP contribution is 2.36. The van der Waals surface area contributed by atoms with E-state index < -0.39 is 0 Å². The highest BCUT2D eigenvalue weighted by atomic mass is 14.3. The van der Waals surface area contributed by atoms with Crippen LogP contribution in [0.25, 0.3) is 0 Å². The Morgan fingerprint density at radius 1 is 0.700 bits per heavy atom. The first kappa shape index (κ1) is 13.9. The van der Waals surface area contributed by atoms with Gasteiger partial charge in [0.05, 0.1) is 0 Å². The topological polar surface area (TPSA) is 0 Å². The van der Waals surface area contributed by atoms with Gasteiger partial charge in [-0.1, -0.05) is 74.4 Å². The summed E-state index contributed by atoms with van der Waals surface area (Å²) in [5.41, 5.74) is 4.82. The van der Waals surface area contributed by atoms with Crippen molar-refractivity contribution < 1.29 is 0 Å². The molecule has 0 saturated carbocycles. The summed E-state index contributed by atoms with van der Waals surface area (Å²) in [5, 5.41) is 0. The van der Waals surface area contributed by atoms with E-state index in [1.165, 1.54) is 76.2 Å². The fourth-order valence-electron chi connectivity index (χ4n) is 3.82. The van der Waals surface area contributed by atoms with Gasteiger partial charge in [0, 0.05) is 5.92 Å². The highest BCUT2D eigenvalue weighted by molar-refractivity contribution is 5.39. The zero-order valence-corrected chi connectivity index (χ0v) is 12.7. The van der Waals surface area contributed by atoms with E-state index >= 15 is 0 Å². The Morgan fingerprint density at radius 3 is 2.00 bits per heavy atom. The molecule has 0 saturated heterocycles. The lowest BCUT2D eigenvalue weighted by Gasteiger charge is -2.26. The summed E-state index contributed by atoms with van der Waals surface area (Å²) in [4.78, 5) is 0. The molecule has 0 heteroatoms. The van der Waals surface area contributed by atoms with E-state index in [1.807, 2.05) is 0 Å². The zero-order chi connectivity index (χ0) is 13.6. The fourth-order valence-corrected chi connectivity index (χ4v) is 3.82. The third-order valence-corrected chi connectivity index (χ3v) is 5.10. The molecular formula is C20H28. The van der Waals surface area contributed by atoms with E-state index in [1.54, 1.807) is 11.1 Å². The van der Waals surface area contributed by atoms with Crippen molar-refractivity contribution in [2.45, 2.75) is 76.5 Å². The summed E-state index contributed by atoms with van der Waals surface area (Å²) < 4.78 is 0. The van der Waals surface area contributed by atoms with Gasteiger partial charge in [-0.2, -0.15) is 0 Å². The second kappa shape index (κ2) is 7.11. The van der Waals surface area contributed by atoms with Crippen LogP contribution in [-0.2, 0) is 6.42 Å². The van der Waals surface area contributed by atoms with Gasteiger partial charge in [0.1, 0.15) is 0 Å². The molecule has 0 N–H and O–H groups in total. The first-order valence-corrected chi connectivity index (χ1v) is 8.71. The van der Waals surface area contributed by atoms with Crippen LogP contribution in [0.5, 0.6) is 0 Å². The monoisotopic (exact) mass is 268 g/mol. The van der Waals surface area contributed by atoms with Crippen molar-refractivity contribution in [2.24, 2.45) is 0 Å². The lowest BCUT2D eigenvalue weighted by molar-refractivity contribution is 0.553. The number of allylic oxidation sites excluding steroid dienone is 2. The van der Waals surface area contributed by atoms with Gasteiger partial charge in [0.15, 0.2) is 0 Å². The van der Waals surface area contributed by atoms with E-state index in [0.29, 0.717) is 5.92 Å². The summed E-state index contributed by atoms with van der Waals surface area (Å²) in [6, 6.07) is 9.31. The predicted molar refractivity (Wildman–Crippen MR) is 87.1 cm³/mol. The second-order valence-electron chi connectivity index (χ2n) is 6.64. The molecule has 0 aliphatic heterocycles. The molecule has 0 fully saturated rings. The molecule has 3 aliphatic rings. The van der Waals surface area contributed by atoms with Crippen LogP contribution in [0.2, 0.25) is 0 Å². The standard InChI is InChI=1S/C20H28/c1-2-4-6-8-10-18(11-9-7-5-3-1)20-16-17-12-14-19(20)15-13-17/h10,12-15,20H,1-9,11,16H2. The van der Waals surface area contributed by atoms with Crippen molar-refractivity contribution >= 4 is 0 Å². The molecule has 0 radical (unpaired) electrons. The van der Waals surface area contributed by atoms with Gasteiger partial charge in [0.25, 0.3) is 0 Å². The summed E-state index contributed by atoms with van der Waals surface area (Å²) in [6.07, 6.45) is 18.0. The maximum Gasteiger partial charge on any atom is 0.00885 e.